The van der Waals surface area contributed by atoms with Crippen molar-refractivity contribution in [3.05, 3.63) is 29.8 Å². The van der Waals surface area contributed by atoms with Gasteiger partial charge < -0.3 is 4.74 Å². The van der Waals surface area contributed by atoms with Crippen molar-refractivity contribution in [1.29, 1.82) is 0 Å². The van der Waals surface area contributed by atoms with Crippen molar-refractivity contribution < 1.29 is 9.53 Å². The molecule has 0 aliphatic rings. The lowest BCUT2D eigenvalue weighted by Gasteiger charge is -2.00. The van der Waals surface area contributed by atoms with Gasteiger partial charge in [-0.05, 0) is 24.6 Å². The molecule has 0 aromatic heterocycles. The van der Waals surface area contributed by atoms with Crippen molar-refractivity contribution in [1.82, 2.24) is 0 Å². The molecule has 0 amide bonds. The van der Waals surface area contributed by atoms with Gasteiger partial charge in [0.15, 0.2) is 6.61 Å². The first-order valence-corrected chi connectivity index (χ1v) is 3.37. The molecule has 1 aromatic rings. The Balaban J connectivity index is 2.63. The third kappa shape index (κ3) is 2.42. The van der Waals surface area contributed by atoms with Crippen molar-refractivity contribution in [3.8, 4) is 5.75 Å². The molecule has 0 saturated carbocycles. The summed E-state index contributed by atoms with van der Waals surface area (Å²) in [5.74, 6) is 0.716. The first-order valence-electron chi connectivity index (χ1n) is 3.37. The van der Waals surface area contributed by atoms with Crippen LogP contribution in [0.25, 0.3) is 0 Å². The summed E-state index contributed by atoms with van der Waals surface area (Å²) in [5.41, 5.74) is 1.12. The fourth-order valence-corrected chi connectivity index (χ4v) is 0.818. The Bertz CT molecular complexity index is 243. The van der Waals surface area contributed by atoms with Crippen LogP contribution >= 0.6 is 0 Å². The summed E-state index contributed by atoms with van der Waals surface area (Å²) in [6.07, 6.45) is 1.66. The molecule has 0 saturated heterocycles. The molecule has 2 nitrogen and oxygen atoms in total. The maximum absolute atomic E-state index is 9.81. The molecule has 1 rings (SSSR count). The molecule has 0 heterocycles. The molecule has 0 bridgehead atoms. The smallest absolute Gasteiger partial charge is 0.239 e. The van der Waals surface area contributed by atoms with E-state index in [0.29, 0.717) is 5.75 Å². The third-order valence-corrected chi connectivity index (χ3v) is 1.29. The lowest BCUT2D eigenvalue weighted by atomic mass is 10.2. The molecule has 2 heteroatoms. The van der Waals surface area contributed by atoms with E-state index in [1.54, 1.807) is 6.29 Å². The summed E-state index contributed by atoms with van der Waals surface area (Å²) in [5, 5.41) is 0. The van der Waals surface area contributed by atoms with E-state index >= 15 is 0 Å². The van der Waals surface area contributed by atoms with E-state index in [-0.39, 0.29) is 6.61 Å². The molecule has 11 heavy (non-hydrogen) atoms. The van der Waals surface area contributed by atoms with Crippen molar-refractivity contribution in [2.45, 2.75) is 6.92 Å². The average Bonchev–Trinajstić information content (AvgIpc) is 2.01. The van der Waals surface area contributed by atoms with Gasteiger partial charge >= 0.3 is 0 Å². The van der Waals surface area contributed by atoms with Crippen LogP contribution in [0, 0.1) is 6.92 Å². The number of ether oxygens (including phenoxy) is 1. The minimum atomic E-state index is 0.00343. The molecule has 0 aliphatic carbocycles. The summed E-state index contributed by atoms with van der Waals surface area (Å²) in [6.45, 7) is 1.97. The average molecular weight is 149 g/mol. The molecule has 1 aromatic carbocycles. The SMILES string of the molecule is Cc1cccc(OC[C]=O)c1. The Morgan fingerprint density at radius 3 is 3.00 bits per heavy atom. The maximum atomic E-state index is 9.81. The van der Waals surface area contributed by atoms with Gasteiger partial charge in [0.05, 0.1) is 0 Å². The molecule has 0 aliphatic heterocycles. The number of rotatable bonds is 3. The molecule has 0 spiro atoms. The van der Waals surface area contributed by atoms with Gasteiger partial charge in [0.25, 0.3) is 0 Å². The van der Waals surface area contributed by atoms with Gasteiger partial charge in [0.1, 0.15) is 5.75 Å². The quantitative estimate of drug-likeness (QED) is 0.650. The first kappa shape index (κ1) is 7.79. The molecule has 0 unspecified atom stereocenters. The van der Waals surface area contributed by atoms with Gasteiger partial charge in [-0.1, -0.05) is 12.1 Å². The van der Waals surface area contributed by atoms with Gasteiger partial charge in [0, 0.05) is 0 Å². The highest BCUT2D eigenvalue weighted by molar-refractivity contribution is 5.52. The van der Waals surface area contributed by atoms with Gasteiger partial charge in [-0.3, -0.25) is 4.79 Å². The number of hydrogen-bond acceptors (Lipinski definition) is 2. The molecule has 0 atom stereocenters. The first-order chi connectivity index (χ1) is 5.33. The Morgan fingerprint density at radius 2 is 2.36 bits per heavy atom. The van der Waals surface area contributed by atoms with Crippen LogP contribution in [0.15, 0.2) is 24.3 Å². The fourth-order valence-electron chi connectivity index (χ4n) is 0.818. The number of carbonyl (C=O) groups excluding carboxylic acids is 1. The van der Waals surface area contributed by atoms with Crippen LogP contribution in [-0.4, -0.2) is 12.9 Å². The Hall–Kier alpha value is -1.31. The summed E-state index contributed by atoms with van der Waals surface area (Å²) >= 11 is 0. The van der Waals surface area contributed by atoms with Crippen molar-refractivity contribution in [3.63, 3.8) is 0 Å². The standard InChI is InChI=1S/C9H9O2/c1-8-3-2-4-9(7-8)11-6-5-10/h2-4,7H,6H2,1H3. The lowest BCUT2D eigenvalue weighted by Crippen LogP contribution is -1.97. The van der Waals surface area contributed by atoms with E-state index in [0.717, 1.165) is 5.56 Å². The lowest BCUT2D eigenvalue weighted by molar-refractivity contribution is 0.364. The van der Waals surface area contributed by atoms with Crippen LogP contribution in [0.1, 0.15) is 5.56 Å². The second kappa shape index (κ2) is 3.76. The van der Waals surface area contributed by atoms with E-state index in [4.69, 9.17) is 4.74 Å². The normalized spacial score (nSPS) is 9.18. The van der Waals surface area contributed by atoms with Crippen LogP contribution in [-0.2, 0) is 4.79 Å². The predicted molar refractivity (Wildman–Crippen MR) is 42.4 cm³/mol. The molecule has 57 valence electrons. The van der Waals surface area contributed by atoms with E-state index < -0.39 is 0 Å². The summed E-state index contributed by atoms with van der Waals surface area (Å²) in [7, 11) is 0. The number of aryl methyl sites for hydroxylation is 1. The van der Waals surface area contributed by atoms with Gasteiger partial charge in [-0.15, -0.1) is 0 Å². The largest absolute Gasteiger partial charge is 0.485 e. The van der Waals surface area contributed by atoms with Crippen LogP contribution in [0.3, 0.4) is 0 Å². The van der Waals surface area contributed by atoms with Gasteiger partial charge in [-0.2, -0.15) is 0 Å². The van der Waals surface area contributed by atoms with Crippen LogP contribution in [0.2, 0.25) is 0 Å². The second-order valence-corrected chi connectivity index (χ2v) is 2.25. The van der Waals surface area contributed by atoms with E-state index in [9.17, 15) is 4.79 Å². The fraction of sp³-hybridized carbons (Fsp3) is 0.222. The summed E-state index contributed by atoms with van der Waals surface area (Å²) in [6, 6.07) is 7.54. The zero-order valence-electron chi connectivity index (χ0n) is 6.33. The molecule has 1 radical (unpaired) electrons. The van der Waals surface area contributed by atoms with Gasteiger partial charge in [-0.25, -0.2) is 0 Å². The number of benzene rings is 1. The maximum Gasteiger partial charge on any atom is 0.239 e. The van der Waals surface area contributed by atoms with Crippen LogP contribution in [0.4, 0.5) is 0 Å². The van der Waals surface area contributed by atoms with Crippen LogP contribution in [0.5, 0.6) is 5.75 Å². The third-order valence-electron chi connectivity index (χ3n) is 1.29. The molecular weight excluding hydrogens is 140 g/mol. The highest BCUT2D eigenvalue weighted by Crippen LogP contribution is 2.11. The minimum absolute atomic E-state index is 0.00343. The van der Waals surface area contributed by atoms with Crippen LogP contribution < -0.4 is 4.74 Å². The summed E-state index contributed by atoms with van der Waals surface area (Å²) in [4.78, 5) is 9.81. The number of hydrogen-bond donors (Lipinski definition) is 0. The Morgan fingerprint density at radius 1 is 1.55 bits per heavy atom. The molecular formula is C9H9O2. The Labute approximate surface area is 65.8 Å². The Kier molecular flexibility index (Phi) is 2.66. The van der Waals surface area contributed by atoms with Gasteiger partial charge in [0.2, 0.25) is 6.29 Å². The van der Waals surface area contributed by atoms with Crippen molar-refractivity contribution in [2.24, 2.45) is 0 Å². The van der Waals surface area contributed by atoms with E-state index in [1.165, 1.54) is 0 Å². The highest BCUT2D eigenvalue weighted by Gasteiger charge is 1.91. The molecule has 0 fully saturated rings. The monoisotopic (exact) mass is 149 g/mol. The van der Waals surface area contributed by atoms with E-state index in [2.05, 4.69) is 0 Å². The zero-order valence-corrected chi connectivity index (χ0v) is 6.33. The predicted octanol–water partition coefficient (Wildman–Crippen LogP) is 1.48. The molecule has 0 N–H and O–H groups in total. The van der Waals surface area contributed by atoms with Crippen molar-refractivity contribution in [2.75, 3.05) is 6.61 Å². The zero-order chi connectivity index (χ0) is 8.10. The van der Waals surface area contributed by atoms with Crippen molar-refractivity contribution >= 4 is 6.29 Å². The second-order valence-electron chi connectivity index (χ2n) is 2.25. The highest BCUT2D eigenvalue weighted by atomic mass is 16.5. The topological polar surface area (TPSA) is 26.3 Å². The minimum Gasteiger partial charge on any atom is -0.485 e. The van der Waals surface area contributed by atoms with E-state index in [1.807, 2.05) is 31.2 Å². The summed E-state index contributed by atoms with van der Waals surface area (Å²) < 4.78 is 5.01.